The molecule has 24 heavy (non-hydrogen) atoms. The average molecular weight is 330 g/mol. The van der Waals surface area contributed by atoms with Crippen molar-refractivity contribution in [1.29, 1.82) is 0 Å². The zero-order valence-electron chi connectivity index (χ0n) is 15.3. The van der Waals surface area contributed by atoms with Crippen molar-refractivity contribution in [2.45, 2.75) is 57.8 Å². The number of hydrogen-bond acceptors (Lipinski definition) is 3. The second kappa shape index (κ2) is 6.25. The van der Waals surface area contributed by atoms with Gasteiger partial charge in [-0.3, -0.25) is 0 Å². The molecule has 3 aliphatic rings. The van der Waals surface area contributed by atoms with E-state index < -0.39 is 0 Å². The topological polar surface area (TPSA) is 27.7 Å². The van der Waals surface area contributed by atoms with Gasteiger partial charge in [-0.1, -0.05) is 13.3 Å². The van der Waals surface area contributed by atoms with E-state index >= 15 is 0 Å². The fourth-order valence-electron chi connectivity index (χ4n) is 5.97. The van der Waals surface area contributed by atoms with E-state index in [-0.39, 0.29) is 6.79 Å². The van der Waals surface area contributed by atoms with Crippen molar-refractivity contribution in [2.75, 3.05) is 21.0 Å². The third kappa shape index (κ3) is 2.52. The van der Waals surface area contributed by atoms with Crippen molar-refractivity contribution in [2.24, 2.45) is 17.3 Å². The molecule has 0 aliphatic heterocycles. The van der Waals surface area contributed by atoms with Crippen LogP contribution in [0.25, 0.3) is 0 Å². The van der Waals surface area contributed by atoms with Crippen molar-refractivity contribution >= 4 is 0 Å². The molecular formula is C21H30O3. The predicted molar refractivity (Wildman–Crippen MR) is 94.7 cm³/mol. The maximum Gasteiger partial charge on any atom is 0.188 e. The summed E-state index contributed by atoms with van der Waals surface area (Å²) in [4.78, 5) is 0. The summed E-state index contributed by atoms with van der Waals surface area (Å²) in [6, 6.07) is 4.46. The quantitative estimate of drug-likeness (QED) is 0.733. The number of benzene rings is 1. The number of rotatable bonds is 4. The van der Waals surface area contributed by atoms with E-state index in [1.807, 2.05) is 0 Å². The Morgan fingerprint density at radius 2 is 1.96 bits per heavy atom. The highest BCUT2D eigenvalue weighted by molar-refractivity contribution is 5.50. The van der Waals surface area contributed by atoms with Crippen LogP contribution in [-0.2, 0) is 11.2 Å². The third-order valence-corrected chi connectivity index (χ3v) is 7.12. The molecule has 3 nitrogen and oxygen atoms in total. The van der Waals surface area contributed by atoms with Crippen LogP contribution in [0, 0.1) is 17.3 Å². The van der Waals surface area contributed by atoms with E-state index in [9.17, 15) is 0 Å². The van der Waals surface area contributed by atoms with Crippen molar-refractivity contribution in [3.05, 3.63) is 23.3 Å². The van der Waals surface area contributed by atoms with Crippen molar-refractivity contribution < 1.29 is 14.2 Å². The lowest BCUT2D eigenvalue weighted by Gasteiger charge is -2.49. The van der Waals surface area contributed by atoms with E-state index in [0.717, 1.165) is 29.3 Å². The van der Waals surface area contributed by atoms with Crippen LogP contribution in [0.4, 0.5) is 0 Å². The largest absolute Gasteiger partial charge is 0.493 e. The van der Waals surface area contributed by atoms with Crippen LogP contribution in [0.15, 0.2) is 12.1 Å². The van der Waals surface area contributed by atoms with Crippen LogP contribution in [-0.4, -0.2) is 21.0 Å². The molecule has 0 saturated heterocycles. The zero-order valence-corrected chi connectivity index (χ0v) is 15.3. The monoisotopic (exact) mass is 330 g/mol. The summed E-state index contributed by atoms with van der Waals surface area (Å²) in [6.07, 6.45) is 9.57. The van der Waals surface area contributed by atoms with Gasteiger partial charge in [0.25, 0.3) is 0 Å². The Bertz CT molecular complexity index is 611. The fraction of sp³-hybridized carbons (Fsp3) is 0.714. The zero-order chi connectivity index (χ0) is 16.7. The summed E-state index contributed by atoms with van der Waals surface area (Å²) >= 11 is 0. The van der Waals surface area contributed by atoms with Gasteiger partial charge in [-0.15, -0.1) is 0 Å². The van der Waals surface area contributed by atoms with E-state index in [0.29, 0.717) is 5.41 Å². The predicted octanol–water partition coefficient (Wildman–Crippen LogP) is 4.92. The van der Waals surface area contributed by atoms with Crippen LogP contribution in [0.1, 0.15) is 62.5 Å². The van der Waals surface area contributed by atoms with Crippen molar-refractivity contribution in [1.82, 2.24) is 0 Å². The minimum atomic E-state index is 0.266. The lowest BCUT2D eigenvalue weighted by atomic mass is 9.56. The molecule has 4 atom stereocenters. The molecule has 2 saturated carbocycles. The van der Waals surface area contributed by atoms with Gasteiger partial charge in [0.2, 0.25) is 0 Å². The van der Waals surface area contributed by atoms with Gasteiger partial charge in [-0.25, -0.2) is 0 Å². The Morgan fingerprint density at radius 1 is 1.08 bits per heavy atom. The maximum atomic E-state index is 5.72. The van der Waals surface area contributed by atoms with Crippen LogP contribution in [0.5, 0.6) is 11.5 Å². The first kappa shape index (κ1) is 16.3. The minimum Gasteiger partial charge on any atom is -0.493 e. The van der Waals surface area contributed by atoms with Crippen molar-refractivity contribution in [3.8, 4) is 11.5 Å². The number of fused-ring (bicyclic) bond motifs is 5. The van der Waals surface area contributed by atoms with Gasteiger partial charge in [0.15, 0.2) is 18.3 Å². The molecular weight excluding hydrogens is 300 g/mol. The highest BCUT2D eigenvalue weighted by Gasteiger charge is 2.50. The molecule has 4 rings (SSSR count). The van der Waals surface area contributed by atoms with Crippen molar-refractivity contribution in [3.63, 3.8) is 0 Å². The Morgan fingerprint density at radius 3 is 2.75 bits per heavy atom. The van der Waals surface area contributed by atoms with E-state index in [1.54, 1.807) is 14.2 Å². The molecule has 0 heterocycles. The van der Waals surface area contributed by atoms with Gasteiger partial charge in [0, 0.05) is 7.11 Å². The van der Waals surface area contributed by atoms with Crippen LogP contribution >= 0.6 is 0 Å². The summed E-state index contributed by atoms with van der Waals surface area (Å²) in [5, 5.41) is 0. The van der Waals surface area contributed by atoms with Gasteiger partial charge < -0.3 is 14.2 Å². The Kier molecular flexibility index (Phi) is 4.24. The Hall–Kier alpha value is -1.22. The van der Waals surface area contributed by atoms with Crippen LogP contribution in [0.3, 0.4) is 0 Å². The molecule has 0 bridgehead atoms. The first-order chi connectivity index (χ1) is 11.7. The molecule has 0 amide bonds. The van der Waals surface area contributed by atoms with E-state index in [2.05, 4.69) is 19.1 Å². The second-order valence-electron chi connectivity index (χ2n) is 8.25. The minimum absolute atomic E-state index is 0.266. The normalized spacial score (nSPS) is 34.2. The van der Waals surface area contributed by atoms with Gasteiger partial charge in [-0.05, 0) is 85.0 Å². The summed E-state index contributed by atoms with van der Waals surface area (Å²) in [5.41, 5.74) is 3.61. The molecule has 0 N–H and O–H groups in total. The molecule has 3 unspecified atom stereocenters. The van der Waals surface area contributed by atoms with E-state index in [4.69, 9.17) is 14.2 Å². The fourth-order valence-corrected chi connectivity index (χ4v) is 5.97. The van der Waals surface area contributed by atoms with Gasteiger partial charge in [-0.2, -0.15) is 0 Å². The molecule has 2 fully saturated rings. The molecule has 0 radical (unpaired) electrons. The number of methoxy groups -OCH3 is 2. The summed E-state index contributed by atoms with van der Waals surface area (Å²) < 4.78 is 16.4. The molecule has 3 aliphatic carbocycles. The SMILES string of the molecule is COCOc1cc2c(cc1OC)C1CC[C@]3(C)CCCC3C1CC2. The third-order valence-electron chi connectivity index (χ3n) is 7.12. The number of ether oxygens (including phenoxy) is 3. The highest BCUT2D eigenvalue weighted by atomic mass is 16.7. The second-order valence-corrected chi connectivity index (χ2v) is 8.25. The number of aryl methyl sites for hydroxylation is 1. The summed E-state index contributed by atoms with van der Waals surface area (Å²) in [6.45, 7) is 2.82. The first-order valence-corrected chi connectivity index (χ1v) is 9.49. The van der Waals surface area contributed by atoms with Crippen LogP contribution in [0.2, 0.25) is 0 Å². The highest BCUT2D eigenvalue weighted by Crippen LogP contribution is 2.61. The van der Waals surface area contributed by atoms with Gasteiger partial charge in [0.05, 0.1) is 7.11 Å². The Balaban J connectivity index is 1.66. The molecule has 0 spiro atoms. The molecule has 1 aromatic rings. The summed E-state index contributed by atoms with van der Waals surface area (Å²) in [7, 11) is 3.38. The molecule has 0 aromatic heterocycles. The first-order valence-electron chi connectivity index (χ1n) is 9.49. The van der Waals surface area contributed by atoms with Crippen LogP contribution < -0.4 is 9.47 Å². The lowest BCUT2D eigenvalue weighted by Crippen LogP contribution is -2.39. The molecule has 1 aromatic carbocycles. The van der Waals surface area contributed by atoms with Gasteiger partial charge >= 0.3 is 0 Å². The lowest BCUT2D eigenvalue weighted by molar-refractivity contribution is 0.0482. The standard InChI is InChI=1S/C21H30O3/c1-21-9-4-5-18(21)16-7-6-14-11-20(24-13-22-2)19(23-3)12-17(14)15(16)8-10-21/h11-12,15-16,18H,4-10,13H2,1-3H3/t15?,16?,18?,21-/m0/s1. The molecule has 132 valence electrons. The summed E-state index contributed by atoms with van der Waals surface area (Å²) in [5.74, 6) is 4.19. The number of hydrogen-bond donors (Lipinski definition) is 0. The smallest absolute Gasteiger partial charge is 0.188 e. The average Bonchev–Trinajstić information content (AvgIpc) is 3.00. The van der Waals surface area contributed by atoms with Gasteiger partial charge in [0.1, 0.15) is 0 Å². The maximum absolute atomic E-state index is 5.72. The Labute approximate surface area is 145 Å². The van der Waals surface area contributed by atoms with E-state index in [1.165, 1.54) is 56.1 Å². The molecule has 3 heteroatoms.